The molecule has 0 spiro atoms. The smallest absolute Gasteiger partial charge is 0.227 e. The Morgan fingerprint density at radius 3 is 2.59 bits per heavy atom. The van der Waals surface area contributed by atoms with Crippen LogP contribution in [-0.2, 0) is 9.59 Å². The van der Waals surface area contributed by atoms with Crippen LogP contribution in [0.1, 0.15) is 13.3 Å². The lowest BCUT2D eigenvalue weighted by atomic mass is 10.1. The lowest BCUT2D eigenvalue weighted by Crippen LogP contribution is -2.38. The summed E-state index contributed by atoms with van der Waals surface area (Å²) in [5.74, 6) is 0.206. The van der Waals surface area contributed by atoms with Gasteiger partial charge in [-0.15, -0.1) is 12.4 Å². The highest BCUT2D eigenvalue weighted by atomic mass is 35.5. The SMILES string of the molecule is CNCCN(C)C(=O)C1CCN(C(C)=O)C1.Cl. The maximum Gasteiger partial charge on any atom is 0.227 e. The van der Waals surface area contributed by atoms with Gasteiger partial charge in [-0.25, -0.2) is 0 Å². The average Bonchev–Trinajstić information content (AvgIpc) is 2.74. The first-order valence-corrected chi connectivity index (χ1v) is 5.71. The maximum atomic E-state index is 12.0. The molecule has 0 bridgehead atoms. The summed E-state index contributed by atoms with van der Waals surface area (Å²) in [6.45, 7) is 4.36. The summed E-state index contributed by atoms with van der Waals surface area (Å²) in [5, 5.41) is 3.01. The molecule has 0 aromatic carbocycles. The zero-order chi connectivity index (χ0) is 12.1. The molecule has 1 fully saturated rings. The van der Waals surface area contributed by atoms with Gasteiger partial charge in [0, 0.05) is 40.2 Å². The van der Waals surface area contributed by atoms with Crippen molar-refractivity contribution in [2.24, 2.45) is 5.92 Å². The number of carbonyl (C=O) groups is 2. The van der Waals surface area contributed by atoms with Gasteiger partial charge in [0.15, 0.2) is 0 Å². The summed E-state index contributed by atoms with van der Waals surface area (Å²) in [6, 6.07) is 0. The van der Waals surface area contributed by atoms with Gasteiger partial charge in [-0.05, 0) is 13.5 Å². The van der Waals surface area contributed by atoms with Gasteiger partial charge in [-0.2, -0.15) is 0 Å². The monoisotopic (exact) mass is 263 g/mol. The summed E-state index contributed by atoms with van der Waals surface area (Å²) < 4.78 is 0. The van der Waals surface area contributed by atoms with E-state index in [2.05, 4.69) is 5.32 Å². The molecule has 0 radical (unpaired) electrons. The van der Waals surface area contributed by atoms with E-state index in [0.29, 0.717) is 19.6 Å². The first-order valence-electron chi connectivity index (χ1n) is 5.71. The van der Waals surface area contributed by atoms with Gasteiger partial charge < -0.3 is 15.1 Å². The maximum absolute atomic E-state index is 12.0. The van der Waals surface area contributed by atoms with E-state index in [-0.39, 0.29) is 30.1 Å². The Morgan fingerprint density at radius 1 is 1.47 bits per heavy atom. The molecule has 1 unspecified atom stereocenters. The molecule has 0 aliphatic carbocycles. The van der Waals surface area contributed by atoms with Crippen LogP contribution in [0.3, 0.4) is 0 Å². The molecule has 1 rings (SSSR count). The first kappa shape index (κ1) is 16.2. The van der Waals surface area contributed by atoms with E-state index in [1.54, 1.807) is 16.7 Å². The first-order chi connectivity index (χ1) is 7.56. The molecule has 100 valence electrons. The van der Waals surface area contributed by atoms with Gasteiger partial charge in [0.1, 0.15) is 0 Å². The lowest BCUT2D eigenvalue weighted by Gasteiger charge is -2.21. The highest BCUT2D eigenvalue weighted by Crippen LogP contribution is 2.18. The number of hydrogen-bond donors (Lipinski definition) is 1. The molecule has 6 heteroatoms. The Hall–Kier alpha value is -0.810. The molecule has 0 aromatic rings. The second-order valence-electron chi connectivity index (χ2n) is 4.31. The predicted molar refractivity (Wildman–Crippen MR) is 69.2 cm³/mol. The fraction of sp³-hybridized carbons (Fsp3) is 0.818. The largest absolute Gasteiger partial charge is 0.344 e. The minimum atomic E-state index is -0.00856. The number of nitrogens with zero attached hydrogens (tertiary/aromatic N) is 2. The van der Waals surface area contributed by atoms with Gasteiger partial charge in [-0.3, -0.25) is 9.59 Å². The standard InChI is InChI=1S/C11H21N3O2.ClH/c1-9(15)14-6-4-10(8-14)11(16)13(3)7-5-12-2;/h10,12H,4-8H2,1-3H3;1H. The van der Waals surface area contributed by atoms with E-state index in [1.165, 1.54) is 0 Å². The Balaban J connectivity index is 0.00000256. The van der Waals surface area contributed by atoms with Gasteiger partial charge in [0.05, 0.1) is 5.92 Å². The van der Waals surface area contributed by atoms with Gasteiger partial charge in [0.2, 0.25) is 11.8 Å². The number of likely N-dealkylation sites (N-methyl/N-ethyl adjacent to an activating group) is 2. The van der Waals surface area contributed by atoms with Crippen molar-refractivity contribution in [3.05, 3.63) is 0 Å². The van der Waals surface area contributed by atoms with E-state index in [0.717, 1.165) is 13.0 Å². The molecule has 0 aromatic heterocycles. The molecule has 0 saturated carbocycles. The van der Waals surface area contributed by atoms with Crippen LogP contribution in [-0.4, -0.2) is 61.9 Å². The van der Waals surface area contributed by atoms with Crippen LogP contribution in [0.25, 0.3) is 0 Å². The number of nitrogens with one attached hydrogen (secondary N) is 1. The Labute approximate surface area is 109 Å². The Bertz CT molecular complexity index is 273. The molecule has 1 saturated heterocycles. The van der Waals surface area contributed by atoms with Gasteiger partial charge in [-0.1, -0.05) is 0 Å². The predicted octanol–water partition coefficient (Wildman–Crippen LogP) is -0.0456. The van der Waals surface area contributed by atoms with E-state index >= 15 is 0 Å². The third-order valence-electron chi connectivity index (χ3n) is 3.06. The molecule has 1 heterocycles. The summed E-state index contributed by atoms with van der Waals surface area (Å²) in [7, 11) is 3.68. The minimum absolute atomic E-state index is 0. The topological polar surface area (TPSA) is 52.7 Å². The van der Waals surface area contributed by atoms with Crippen molar-refractivity contribution >= 4 is 24.2 Å². The van der Waals surface area contributed by atoms with Crippen molar-refractivity contribution < 1.29 is 9.59 Å². The van der Waals surface area contributed by atoms with E-state index < -0.39 is 0 Å². The molecule has 17 heavy (non-hydrogen) atoms. The lowest BCUT2D eigenvalue weighted by molar-refractivity contribution is -0.134. The zero-order valence-electron chi connectivity index (χ0n) is 10.7. The third-order valence-corrected chi connectivity index (χ3v) is 3.06. The third kappa shape index (κ3) is 4.52. The van der Waals surface area contributed by atoms with Crippen LogP contribution in [0.4, 0.5) is 0 Å². The number of carbonyl (C=O) groups excluding carboxylic acids is 2. The zero-order valence-corrected chi connectivity index (χ0v) is 11.5. The number of likely N-dealkylation sites (tertiary alicyclic amines) is 1. The van der Waals surface area contributed by atoms with Crippen LogP contribution < -0.4 is 5.32 Å². The molecule has 1 aliphatic rings. The van der Waals surface area contributed by atoms with Gasteiger partial charge >= 0.3 is 0 Å². The molecular weight excluding hydrogens is 242 g/mol. The molecule has 1 N–H and O–H groups in total. The van der Waals surface area contributed by atoms with Crippen molar-refractivity contribution in [3.8, 4) is 0 Å². The van der Waals surface area contributed by atoms with Crippen molar-refractivity contribution in [3.63, 3.8) is 0 Å². The molecular formula is C11H22ClN3O2. The van der Waals surface area contributed by atoms with E-state index in [4.69, 9.17) is 0 Å². The molecule has 1 atom stereocenters. The number of halogens is 1. The average molecular weight is 264 g/mol. The van der Waals surface area contributed by atoms with Gasteiger partial charge in [0.25, 0.3) is 0 Å². The summed E-state index contributed by atoms with van der Waals surface area (Å²) in [4.78, 5) is 26.6. The fourth-order valence-corrected chi connectivity index (χ4v) is 1.95. The highest BCUT2D eigenvalue weighted by Gasteiger charge is 2.31. The van der Waals surface area contributed by atoms with Crippen molar-refractivity contribution in [2.75, 3.05) is 40.3 Å². The molecule has 5 nitrogen and oxygen atoms in total. The van der Waals surface area contributed by atoms with Crippen molar-refractivity contribution in [1.82, 2.24) is 15.1 Å². The van der Waals surface area contributed by atoms with Crippen LogP contribution in [0.5, 0.6) is 0 Å². The number of amides is 2. The number of hydrogen-bond acceptors (Lipinski definition) is 3. The fourth-order valence-electron chi connectivity index (χ4n) is 1.95. The Kier molecular flexibility index (Phi) is 7.15. The van der Waals surface area contributed by atoms with Crippen LogP contribution in [0.15, 0.2) is 0 Å². The summed E-state index contributed by atoms with van der Waals surface area (Å²) >= 11 is 0. The molecule has 1 aliphatic heterocycles. The van der Waals surface area contributed by atoms with E-state index in [9.17, 15) is 9.59 Å². The second kappa shape index (κ2) is 7.50. The van der Waals surface area contributed by atoms with Crippen LogP contribution >= 0.6 is 12.4 Å². The molecule has 2 amide bonds. The van der Waals surface area contributed by atoms with Crippen LogP contribution in [0.2, 0.25) is 0 Å². The minimum Gasteiger partial charge on any atom is -0.344 e. The quantitative estimate of drug-likeness (QED) is 0.774. The Morgan fingerprint density at radius 2 is 2.12 bits per heavy atom. The normalized spacial score (nSPS) is 18.8. The summed E-state index contributed by atoms with van der Waals surface area (Å²) in [5.41, 5.74) is 0. The highest BCUT2D eigenvalue weighted by molar-refractivity contribution is 5.85. The van der Waals surface area contributed by atoms with Crippen molar-refractivity contribution in [1.29, 1.82) is 0 Å². The van der Waals surface area contributed by atoms with E-state index in [1.807, 2.05) is 14.1 Å². The van der Waals surface area contributed by atoms with Crippen LogP contribution in [0, 0.1) is 5.92 Å². The summed E-state index contributed by atoms with van der Waals surface area (Å²) in [6.07, 6.45) is 0.794. The van der Waals surface area contributed by atoms with Crippen molar-refractivity contribution in [2.45, 2.75) is 13.3 Å². The second-order valence-corrected chi connectivity index (χ2v) is 4.31. The number of rotatable bonds is 4.